The van der Waals surface area contributed by atoms with Gasteiger partial charge in [-0.3, -0.25) is 4.79 Å². The monoisotopic (exact) mass is 276 g/mol. The molecule has 0 spiro atoms. The molecule has 2 aromatic rings. The predicted molar refractivity (Wildman–Crippen MR) is 72.0 cm³/mol. The second-order valence-electron chi connectivity index (χ2n) is 4.34. The Morgan fingerprint density at radius 1 is 0.850 bits per heavy atom. The third-order valence-electron chi connectivity index (χ3n) is 3.06. The summed E-state index contributed by atoms with van der Waals surface area (Å²) in [6, 6.07) is 7.58. The van der Waals surface area contributed by atoms with E-state index in [1.807, 2.05) is 0 Å². The Bertz CT molecular complexity index is 601. The van der Waals surface area contributed by atoms with Crippen LogP contribution in [0.5, 0.6) is 0 Å². The summed E-state index contributed by atoms with van der Waals surface area (Å²) in [4.78, 5) is 12.5. The summed E-state index contributed by atoms with van der Waals surface area (Å²) in [7, 11) is 0. The maximum Gasteiger partial charge on any atom is 0.193 e. The molecule has 0 fully saturated rings. The number of nitrogens with two attached hydrogens (primary N) is 2. The highest BCUT2D eigenvalue weighted by Gasteiger charge is 2.17. The lowest BCUT2D eigenvalue weighted by Gasteiger charge is -2.10. The largest absolute Gasteiger partial charge is 0.326 e. The van der Waals surface area contributed by atoms with Crippen LogP contribution in [0.2, 0.25) is 0 Å². The minimum absolute atomic E-state index is 0.0397. The van der Waals surface area contributed by atoms with Crippen molar-refractivity contribution in [3.8, 4) is 0 Å². The van der Waals surface area contributed by atoms with Crippen molar-refractivity contribution in [2.75, 3.05) is 0 Å². The van der Waals surface area contributed by atoms with E-state index >= 15 is 0 Å². The van der Waals surface area contributed by atoms with Gasteiger partial charge in [-0.2, -0.15) is 0 Å². The van der Waals surface area contributed by atoms with Crippen LogP contribution < -0.4 is 11.5 Å². The number of benzene rings is 2. The highest BCUT2D eigenvalue weighted by atomic mass is 19.1. The summed E-state index contributed by atoms with van der Waals surface area (Å²) in [6.07, 6.45) is 0. The minimum Gasteiger partial charge on any atom is -0.326 e. The number of rotatable bonds is 4. The van der Waals surface area contributed by atoms with Gasteiger partial charge in [0.2, 0.25) is 0 Å². The van der Waals surface area contributed by atoms with E-state index in [1.165, 1.54) is 36.4 Å². The van der Waals surface area contributed by atoms with Gasteiger partial charge in [-0.05, 0) is 47.5 Å². The fraction of sp³-hybridized carbons (Fsp3) is 0.133. The summed E-state index contributed by atoms with van der Waals surface area (Å²) >= 11 is 0. The normalized spacial score (nSPS) is 10.6. The molecule has 0 bridgehead atoms. The van der Waals surface area contributed by atoms with Gasteiger partial charge in [0.15, 0.2) is 5.78 Å². The molecule has 2 rings (SSSR count). The zero-order valence-corrected chi connectivity index (χ0v) is 10.7. The first-order chi connectivity index (χ1) is 9.56. The van der Waals surface area contributed by atoms with E-state index in [0.29, 0.717) is 22.3 Å². The molecule has 3 nitrogen and oxygen atoms in total. The van der Waals surface area contributed by atoms with E-state index in [9.17, 15) is 13.6 Å². The molecule has 2 aromatic carbocycles. The lowest BCUT2D eigenvalue weighted by atomic mass is 9.95. The van der Waals surface area contributed by atoms with Crippen molar-refractivity contribution in [1.82, 2.24) is 0 Å². The number of hydrogen-bond acceptors (Lipinski definition) is 3. The van der Waals surface area contributed by atoms with Gasteiger partial charge >= 0.3 is 0 Å². The number of halogens is 2. The van der Waals surface area contributed by atoms with Gasteiger partial charge in [-0.25, -0.2) is 8.78 Å². The molecule has 4 N–H and O–H groups in total. The van der Waals surface area contributed by atoms with Crippen LogP contribution in [0.1, 0.15) is 27.0 Å². The molecular weight excluding hydrogens is 262 g/mol. The minimum atomic E-state index is -0.458. The second-order valence-corrected chi connectivity index (χ2v) is 4.34. The summed E-state index contributed by atoms with van der Waals surface area (Å²) in [5.41, 5.74) is 12.5. The van der Waals surface area contributed by atoms with Crippen LogP contribution in [0.3, 0.4) is 0 Å². The predicted octanol–water partition coefficient (Wildman–Crippen LogP) is 2.11. The molecule has 0 aliphatic heterocycles. The Labute approximate surface area is 115 Å². The van der Waals surface area contributed by atoms with Crippen molar-refractivity contribution in [2.45, 2.75) is 13.1 Å². The maximum atomic E-state index is 13.2. The Kier molecular flexibility index (Phi) is 4.22. The van der Waals surface area contributed by atoms with Crippen molar-refractivity contribution in [3.05, 3.63) is 70.3 Å². The van der Waals surface area contributed by atoms with Crippen LogP contribution in [0, 0.1) is 11.6 Å². The van der Waals surface area contributed by atoms with Gasteiger partial charge in [-0.1, -0.05) is 0 Å². The quantitative estimate of drug-likeness (QED) is 0.840. The molecule has 0 aromatic heterocycles. The molecule has 0 heterocycles. The molecule has 0 saturated heterocycles. The SMILES string of the molecule is NCc1cc(F)ccc1C(=O)c1ccc(F)cc1CN. The highest BCUT2D eigenvalue weighted by Crippen LogP contribution is 2.19. The third kappa shape index (κ3) is 2.74. The lowest BCUT2D eigenvalue weighted by molar-refractivity contribution is 0.103. The third-order valence-corrected chi connectivity index (χ3v) is 3.06. The van der Waals surface area contributed by atoms with E-state index in [2.05, 4.69) is 0 Å². The number of hydrogen-bond donors (Lipinski definition) is 2. The number of carbonyl (C=O) groups excluding carboxylic acids is 1. The number of carbonyl (C=O) groups is 1. The van der Waals surface area contributed by atoms with Crippen LogP contribution in [0.4, 0.5) is 8.78 Å². The van der Waals surface area contributed by atoms with Crippen molar-refractivity contribution in [3.63, 3.8) is 0 Å². The Hall–Kier alpha value is -2.11. The molecule has 0 unspecified atom stereocenters. The van der Waals surface area contributed by atoms with Crippen LogP contribution >= 0.6 is 0 Å². The first-order valence-electron chi connectivity index (χ1n) is 6.08. The fourth-order valence-electron chi connectivity index (χ4n) is 2.05. The Morgan fingerprint density at radius 2 is 1.25 bits per heavy atom. The van der Waals surface area contributed by atoms with Crippen LogP contribution in [0.15, 0.2) is 36.4 Å². The van der Waals surface area contributed by atoms with Crippen molar-refractivity contribution in [2.24, 2.45) is 11.5 Å². The Morgan fingerprint density at radius 3 is 1.60 bits per heavy atom. The molecule has 0 atom stereocenters. The molecule has 104 valence electrons. The molecular formula is C15H14F2N2O. The summed E-state index contributed by atoms with van der Waals surface area (Å²) < 4.78 is 26.3. The maximum absolute atomic E-state index is 13.2. The van der Waals surface area contributed by atoms with Crippen molar-refractivity contribution in [1.29, 1.82) is 0 Å². The number of ketones is 1. The molecule has 20 heavy (non-hydrogen) atoms. The second kappa shape index (κ2) is 5.90. The molecule has 0 saturated carbocycles. The molecule has 5 heteroatoms. The molecule has 0 aliphatic rings. The molecule has 0 amide bonds. The van der Waals surface area contributed by atoms with E-state index in [0.717, 1.165) is 0 Å². The summed E-state index contributed by atoms with van der Waals surface area (Å²) in [6.45, 7) is 0.0793. The van der Waals surface area contributed by atoms with E-state index < -0.39 is 11.6 Å². The summed E-state index contributed by atoms with van der Waals surface area (Å²) in [5, 5.41) is 0. The molecule has 0 radical (unpaired) electrons. The Balaban J connectivity index is 2.51. The van der Waals surface area contributed by atoms with E-state index in [-0.39, 0.29) is 18.9 Å². The van der Waals surface area contributed by atoms with Gasteiger partial charge in [0.25, 0.3) is 0 Å². The van der Waals surface area contributed by atoms with Crippen molar-refractivity contribution < 1.29 is 13.6 Å². The van der Waals surface area contributed by atoms with Gasteiger partial charge in [0, 0.05) is 24.2 Å². The average molecular weight is 276 g/mol. The average Bonchev–Trinajstić information content (AvgIpc) is 2.46. The smallest absolute Gasteiger partial charge is 0.193 e. The van der Waals surface area contributed by atoms with Gasteiger partial charge in [0.05, 0.1) is 0 Å². The first kappa shape index (κ1) is 14.3. The van der Waals surface area contributed by atoms with Gasteiger partial charge in [0.1, 0.15) is 11.6 Å². The van der Waals surface area contributed by atoms with Crippen LogP contribution in [-0.2, 0) is 13.1 Å². The molecule has 0 aliphatic carbocycles. The van der Waals surface area contributed by atoms with Gasteiger partial charge < -0.3 is 11.5 Å². The summed E-state index contributed by atoms with van der Waals surface area (Å²) in [5.74, 6) is -1.26. The van der Waals surface area contributed by atoms with E-state index in [1.54, 1.807) is 0 Å². The van der Waals surface area contributed by atoms with Crippen molar-refractivity contribution >= 4 is 5.78 Å². The first-order valence-corrected chi connectivity index (χ1v) is 6.08. The van der Waals surface area contributed by atoms with E-state index in [4.69, 9.17) is 11.5 Å². The van der Waals surface area contributed by atoms with Gasteiger partial charge in [-0.15, -0.1) is 0 Å². The zero-order valence-electron chi connectivity index (χ0n) is 10.7. The standard InChI is InChI=1S/C15H14F2N2O/c16-11-1-3-13(9(5-11)7-18)15(20)14-4-2-12(17)6-10(14)8-19/h1-6H,7-8,18-19H2. The van der Waals surface area contributed by atoms with Crippen LogP contribution in [-0.4, -0.2) is 5.78 Å². The zero-order chi connectivity index (χ0) is 14.7. The highest BCUT2D eigenvalue weighted by molar-refractivity contribution is 6.10. The fourth-order valence-corrected chi connectivity index (χ4v) is 2.05. The van der Waals surface area contributed by atoms with Crippen LogP contribution in [0.25, 0.3) is 0 Å². The topological polar surface area (TPSA) is 69.1 Å². The lowest BCUT2D eigenvalue weighted by Crippen LogP contribution is -2.13.